The predicted octanol–water partition coefficient (Wildman–Crippen LogP) is 6.31. The summed E-state index contributed by atoms with van der Waals surface area (Å²) in [5.74, 6) is -1.59. The summed E-state index contributed by atoms with van der Waals surface area (Å²) >= 11 is 1.21. The Hall–Kier alpha value is -4.56. The number of carbonyl (C=O) groups excluding carboxylic acids is 4. The summed E-state index contributed by atoms with van der Waals surface area (Å²) in [5, 5.41) is 4.92. The Kier molecular flexibility index (Phi) is 8.45. The topological polar surface area (TPSA) is 98.8 Å². The molecule has 0 fully saturated rings. The van der Waals surface area contributed by atoms with Crippen LogP contribution in [-0.2, 0) is 4.74 Å². The first-order valence-corrected chi connectivity index (χ1v) is 12.9. The second-order valence-electron chi connectivity index (χ2n) is 8.09. The van der Waals surface area contributed by atoms with Crippen molar-refractivity contribution in [1.82, 2.24) is 0 Å². The molecule has 0 radical (unpaired) electrons. The van der Waals surface area contributed by atoms with Crippen molar-refractivity contribution in [2.45, 2.75) is 13.8 Å². The molecule has 0 unspecified atom stereocenters. The van der Waals surface area contributed by atoms with Crippen molar-refractivity contribution >= 4 is 39.8 Å². The Morgan fingerprint density at radius 1 is 0.737 bits per heavy atom. The molecule has 192 valence electrons. The third-order valence-corrected chi connectivity index (χ3v) is 6.52. The van der Waals surface area contributed by atoms with Gasteiger partial charge in [-0.3, -0.25) is 14.4 Å². The van der Waals surface area contributed by atoms with E-state index in [-0.39, 0.29) is 23.3 Å². The number of hydrogen-bond donors (Lipinski definition) is 1. The molecule has 3 aromatic carbocycles. The number of benzene rings is 3. The quantitative estimate of drug-likeness (QED) is 0.147. The van der Waals surface area contributed by atoms with E-state index in [1.165, 1.54) is 35.6 Å². The first-order valence-electron chi connectivity index (χ1n) is 12.0. The number of hydrogen-bond acceptors (Lipinski definition) is 7. The fourth-order valence-electron chi connectivity index (χ4n) is 3.77. The normalized spacial score (nSPS) is 10.5. The van der Waals surface area contributed by atoms with Gasteiger partial charge in [-0.2, -0.15) is 0 Å². The Labute approximate surface area is 224 Å². The van der Waals surface area contributed by atoms with E-state index in [4.69, 9.17) is 9.47 Å². The standard InChI is InChI=1S/C30H25NO6S/c1-3-36-23-16-14-19(15-17-23)24-18-38-29(25(24)30(35)37-4-2)31-28(34)22-12-10-21(11-13-22)27(33)26(32)20-8-6-5-7-9-20/h5-18H,3-4H2,1-2H3,(H,31,34). The van der Waals surface area contributed by atoms with E-state index in [0.29, 0.717) is 28.5 Å². The van der Waals surface area contributed by atoms with Crippen LogP contribution in [-0.4, -0.2) is 36.7 Å². The molecule has 0 saturated carbocycles. The van der Waals surface area contributed by atoms with Gasteiger partial charge in [-0.1, -0.05) is 54.6 Å². The van der Waals surface area contributed by atoms with Crippen molar-refractivity contribution in [3.8, 4) is 16.9 Å². The van der Waals surface area contributed by atoms with Crippen LogP contribution in [0.25, 0.3) is 11.1 Å². The maximum absolute atomic E-state index is 13.0. The average molecular weight is 528 g/mol. The van der Waals surface area contributed by atoms with Crippen molar-refractivity contribution in [3.05, 3.63) is 106 Å². The molecule has 8 heteroatoms. The van der Waals surface area contributed by atoms with Crippen LogP contribution in [0.2, 0.25) is 0 Å². The first kappa shape index (κ1) is 26.5. The monoisotopic (exact) mass is 527 g/mol. The van der Waals surface area contributed by atoms with Crippen LogP contribution in [0.4, 0.5) is 5.00 Å². The SMILES string of the molecule is CCOC(=O)c1c(-c2ccc(OCC)cc2)csc1NC(=O)c1ccc(C(=O)C(=O)c2ccccc2)cc1. The fourth-order valence-corrected chi connectivity index (χ4v) is 4.72. The van der Waals surface area contributed by atoms with Crippen LogP contribution >= 0.6 is 11.3 Å². The van der Waals surface area contributed by atoms with Gasteiger partial charge in [0.2, 0.25) is 11.6 Å². The van der Waals surface area contributed by atoms with Crippen molar-refractivity contribution in [2.75, 3.05) is 18.5 Å². The summed E-state index contributed by atoms with van der Waals surface area (Å²) in [7, 11) is 0. The molecule has 38 heavy (non-hydrogen) atoms. The van der Waals surface area contributed by atoms with Gasteiger partial charge < -0.3 is 14.8 Å². The van der Waals surface area contributed by atoms with Crippen LogP contribution in [0.1, 0.15) is 55.3 Å². The third-order valence-electron chi connectivity index (χ3n) is 5.63. The summed E-state index contributed by atoms with van der Waals surface area (Å²) < 4.78 is 10.8. The van der Waals surface area contributed by atoms with Crippen molar-refractivity contribution in [2.24, 2.45) is 0 Å². The molecule has 0 aliphatic carbocycles. The molecule has 0 spiro atoms. The maximum atomic E-state index is 13.0. The number of esters is 1. The zero-order valence-electron chi connectivity index (χ0n) is 20.9. The summed E-state index contributed by atoms with van der Waals surface area (Å²) in [6, 6.07) is 21.4. The number of carbonyl (C=O) groups is 4. The molecule has 4 aromatic rings. The highest BCUT2D eigenvalue weighted by molar-refractivity contribution is 7.15. The lowest BCUT2D eigenvalue weighted by Crippen LogP contribution is -2.16. The molecular formula is C30H25NO6S. The van der Waals surface area contributed by atoms with Gasteiger partial charge in [0.15, 0.2) is 0 Å². The van der Waals surface area contributed by atoms with Crippen molar-refractivity contribution < 1.29 is 28.7 Å². The minimum absolute atomic E-state index is 0.177. The minimum atomic E-state index is -0.661. The number of amides is 1. The Balaban J connectivity index is 1.55. The average Bonchev–Trinajstić information content (AvgIpc) is 3.37. The lowest BCUT2D eigenvalue weighted by atomic mass is 10.0. The van der Waals surface area contributed by atoms with E-state index >= 15 is 0 Å². The van der Waals surface area contributed by atoms with Gasteiger partial charge in [-0.15, -0.1) is 11.3 Å². The van der Waals surface area contributed by atoms with Crippen LogP contribution in [0.15, 0.2) is 84.2 Å². The number of ether oxygens (including phenoxy) is 2. The van der Waals surface area contributed by atoms with E-state index in [9.17, 15) is 19.2 Å². The van der Waals surface area contributed by atoms with Gasteiger partial charge in [0.05, 0.1) is 13.2 Å². The molecule has 0 bridgehead atoms. The molecule has 0 aliphatic rings. The number of ketones is 2. The molecule has 7 nitrogen and oxygen atoms in total. The molecule has 4 rings (SSSR count). The largest absolute Gasteiger partial charge is 0.494 e. The molecule has 1 amide bonds. The van der Waals surface area contributed by atoms with Gasteiger partial charge >= 0.3 is 5.97 Å². The number of nitrogens with one attached hydrogen (secondary N) is 1. The molecular weight excluding hydrogens is 502 g/mol. The van der Waals surface area contributed by atoms with E-state index in [1.807, 2.05) is 31.2 Å². The van der Waals surface area contributed by atoms with Gasteiger partial charge in [0.25, 0.3) is 5.91 Å². The zero-order chi connectivity index (χ0) is 27.1. The second-order valence-corrected chi connectivity index (χ2v) is 8.97. The van der Waals surface area contributed by atoms with Crippen LogP contribution < -0.4 is 10.1 Å². The highest BCUT2D eigenvalue weighted by Gasteiger charge is 2.24. The van der Waals surface area contributed by atoms with Gasteiger partial charge in [0, 0.05) is 27.6 Å². The zero-order valence-corrected chi connectivity index (χ0v) is 21.7. The highest BCUT2D eigenvalue weighted by atomic mass is 32.1. The van der Waals surface area contributed by atoms with E-state index in [1.54, 1.807) is 42.6 Å². The number of thiophene rings is 1. The summed E-state index contributed by atoms with van der Waals surface area (Å²) in [4.78, 5) is 50.9. The summed E-state index contributed by atoms with van der Waals surface area (Å²) in [6.07, 6.45) is 0. The highest BCUT2D eigenvalue weighted by Crippen LogP contribution is 2.37. The predicted molar refractivity (Wildman–Crippen MR) is 146 cm³/mol. The number of rotatable bonds is 10. The van der Waals surface area contributed by atoms with Crippen molar-refractivity contribution in [3.63, 3.8) is 0 Å². The lowest BCUT2D eigenvalue weighted by molar-refractivity contribution is 0.0529. The smallest absolute Gasteiger partial charge is 0.341 e. The van der Waals surface area contributed by atoms with Crippen LogP contribution in [0.5, 0.6) is 5.75 Å². The molecule has 0 aliphatic heterocycles. The molecule has 1 heterocycles. The fraction of sp³-hybridized carbons (Fsp3) is 0.133. The first-order chi connectivity index (χ1) is 18.4. The molecule has 1 aromatic heterocycles. The minimum Gasteiger partial charge on any atom is -0.494 e. The van der Waals surface area contributed by atoms with Gasteiger partial charge in [0.1, 0.15) is 16.3 Å². The van der Waals surface area contributed by atoms with Gasteiger partial charge in [-0.05, 0) is 43.7 Å². The molecule has 1 N–H and O–H groups in total. The lowest BCUT2D eigenvalue weighted by Gasteiger charge is -2.10. The van der Waals surface area contributed by atoms with E-state index in [2.05, 4.69) is 5.32 Å². The Bertz CT molecular complexity index is 1460. The number of Topliss-reactive ketones (excluding diaryl/α,β-unsaturated/α-hetero) is 2. The van der Waals surface area contributed by atoms with Crippen molar-refractivity contribution in [1.29, 1.82) is 0 Å². The molecule has 0 atom stereocenters. The Morgan fingerprint density at radius 2 is 1.34 bits per heavy atom. The number of anilines is 1. The van der Waals surface area contributed by atoms with Gasteiger partial charge in [-0.25, -0.2) is 4.79 Å². The third kappa shape index (κ3) is 5.87. The van der Waals surface area contributed by atoms with E-state index in [0.717, 1.165) is 5.56 Å². The Morgan fingerprint density at radius 3 is 1.95 bits per heavy atom. The summed E-state index contributed by atoms with van der Waals surface area (Å²) in [6.45, 7) is 4.34. The van der Waals surface area contributed by atoms with Crippen LogP contribution in [0, 0.1) is 0 Å². The second kappa shape index (κ2) is 12.1. The summed E-state index contributed by atoms with van der Waals surface area (Å²) in [5.41, 5.74) is 2.41. The van der Waals surface area contributed by atoms with Crippen LogP contribution in [0.3, 0.4) is 0 Å². The molecule has 0 saturated heterocycles. The van der Waals surface area contributed by atoms with E-state index < -0.39 is 23.4 Å². The maximum Gasteiger partial charge on any atom is 0.341 e.